The molecule has 0 aliphatic rings. The van der Waals surface area contributed by atoms with Gasteiger partial charge in [-0.05, 0) is 35.9 Å². The smallest absolute Gasteiger partial charge is 0.254 e. The van der Waals surface area contributed by atoms with Crippen molar-refractivity contribution in [3.63, 3.8) is 0 Å². The van der Waals surface area contributed by atoms with E-state index < -0.39 is 16.1 Å². The monoisotopic (exact) mass is 437 g/mol. The number of nitrogens with zero attached hydrogens (tertiary/aromatic N) is 3. The van der Waals surface area contributed by atoms with Gasteiger partial charge in [-0.2, -0.15) is 4.31 Å². The molecule has 7 heteroatoms. The standard InChI is InChI=1S/C24H27N3O3S/c1-4-27(5-2)31(29,30)21-15-11-14-20(18-21)24(28)26(3)23(19-12-7-6-8-13-19)22-16-9-10-17-25-22/h6-18,23H,4-5H2,1-3H3. The Morgan fingerprint density at radius 2 is 1.61 bits per heavy atom. The van der Waals surface area contributed by atoms with Crippen LogP contribution in [0.25, 0.3) is 0 Å². The Labute approximate surface area is 184 Å². The molecular weight excluding hydrogens is 410 g/mol. The molecule has 1 amide bonds. The molecule has 162 valence electrons. The van der Waals surface area contributed by atoms with Gasteiger partial charge in [-0.25, -0.2) is 8.42 Å². The van der Waals surface area contributed by atoms with E-state index in [0.29, 0.717) is 18.7 Å². The molecule has 0 N–H and O–H groups in total. The predicted molar refractivity (Wildman–Crippen MR) is 121 cm³/mol. The number of rotatable bonds is 8. The topological polar surface area (TPSA) is 70.6 Å². The van der Waals surface area contributed by atoms with E-state index in [2.05, 4.69) is 4.98 Å². The second-order valence-electron chi connectivity index (χ2n) is 7.10. The van der Waals surface area contributed by atoms with Gasteiger partial charge in [-0.3, -0.25) is 9.78 Å². The number of amides is 1. The molecule has 1 atom stereocenters. The van der Waals surface area contributed by atoms with Crippen LogP contribution in [-0.2, 0) is 10.0 Å². The highest BCUT2D eigenvalue weighted by molar-refractivity contribution is 7.89. The van der Waals surface area contributed by atoms with E-state index in [1.165, 1.54) is 16.4 Å². The molecule has 0 aliphatic carbocycles. The average molecular weight is 438 g/mol. The fourth-order valence-corrected chi connectivity index (χ4v) is 5.09. The minimum atomic E-state index is -3.66. The summed E-state index contributed by atoms with van der Waals surface area (Å²) in [7, 11) is -1.95. The zero-order chi connectivity index (χ0) is 22.4. The van der Waals surface area contributed by atoms with Gasteiger partial charge in [0.2, 0.25) is 10.0 Å². The fourth-order valence-electron chi connectivity index (χ4n) is 3.59. The summed E-state index contributed by atoms with van der Waals surface area (Å²) in [5.74, 6) is -0.281. The van der Waals surface area contributed by atoms with Gasteiger partial charge in [-0.15, -0.1) is 0 Å². The number of carbonyl (C=O) groups is 1. The average Bonchev–Trinajstić information content (AvgIpc) is 2.81. The molecule has 1 aromatic heterocycles. The molecule has 0 saturated carbocycles. The Hall–Kier alpha value is -3.03. The summed E-state index contributed by atoms with van der Waals surface area (Å²) < 4.78 is 27.2. The molecule has 0 spiro atoms. The number of hydrogen-bond donors (Lipinski definition) is 0. The second kappa shape index (κ2) is 9.85. The molecule has 3 rings (SSSR count). The summed E-state index contributed by atoms with van der Waals surface area (Å²) in [5.41, 5.74) is 1.97. The van der Waals surface area contributed by atoms with Crippen LogP contribution in [0, 0.1) is 0 Å². The van der Waals surface area contributed by atoms with Crippen LogP contribution in [0.2, 0.25) is 0 Å². The fraction of sp³-hybridized carbons (Fsp3) is 0.250. The summed E-state index contributed by atoms with van der Waals surface area (Å²) in [5, 5.41) is 0. The van der Waals surface area contributed by atoms with Crippen LogP contribution in [0.3, 0.4) is 0 Å². The van der Waals surface area contributed by atoms with E-state index in [4.69, 9.17) is 0 Å². The normalized spacial score (nSPS) is 12.5. The Bertz CT molecular complexity index is 1080. The first-order chi connectivity index (χ1) is 14.9. The highest BCUT2D eigenvalue weighted by atomic mass is 32.2. The largest absolute Gasteiger partial charge is 0.329 e. The lowest BCUT2D eigenvalue weighted by molar-refractivity contribution is 0.0752. The second-order valence-corrected chi connectivity index (χ2v) is 9.04. The first-order valence-corrected chi connectivity index (χ1v) is 11.7. The van der Waals surface area contributed by atoms with Gasteiger partial charge in [0.25, 0.3) is 5.91 Å². The predicted octanol–water partition coefficient (Wildman–Crippen LogP) is 3.97. The quantitative estimate of drug-likeness (QED) is 0.535. The molecule has 3 aromatic rings. The Kier molecular flexibility index (Phi) is 7.20. The van der Waals surface area contributed by atoms with Crippen molar-refractivity contribution >= 4 is 15.9 Å². The van der Waals surface area contributed by atoms with Gasteiger partial charge in [-0.1, -0.05) is 56.3 Å². The van der Waals surface area contributed by atoms with Crippen LogP contribution in [0.4, 0.5) is 0 Å². The lowest BCUT2D eigenvalue weighted by atomic mass is 10.0. The van der Waals surface area contributed by atoms with E-state index in [1.807, 2.05) is 48.5 Å². The van der Waals surface area contributed by atoms with Gasteiger partial charge in [0.15, 0.2) is 0 Å². The highest BCUT2D eigenvalue weighted by Gasteiger charge is 2.27. The molecule has 31 heavy (non-hydrogen) atoms. The Morgan fingerprint density at radius 1 is 0.935 bits per heavy atom. The maximum atomic E-state index is 13.4. The Morgan fingerprint density at radius 3 is 2.23 bits per heavy atom. The van der Waals surface area contributed by atoms with E-state index in [0.717, 1.165) is 11.3 Å². The molecule has 1 unspecified atom stereocenters. The van der Waals surface area contributed by atoms with Crippen LogP contribution in [0.15, 0.2) is 83.9 Å². The van der Waals surface area contributed by atoms with Crippen LogP contribution >= 0.6 is 0 Å². The van der Waals surface area contributed by atoms with Gasteiger partial charge >= 0.3 is 0 Å². The summed E-state index contributed by atoms with van der Waals surface area (Å²) in [4.78, 5) is 19.6. The van der Waals surface area contributed by atoms with Crippen molar-refractivity contribution in [2.24, 2.45) is 0 Å². The lowest BCUT2D eigenvalue weighted by Crippen LogP contribution is -2.33. The molecule has 0 saturated heterocycles. The number of benzene rings is 2. The molecule has 1 heterocycles. The van der Waals surface area contributed by atoms with Crippen molar-refractivity contribution in [3.8, 4) is 0 Å². The van der Waals surface area contributed by atoms with E-state index >= 15 is 0 Å². The van der Waals surface area contributed by atoms with Gasteiger partial charge in [0, 0.05) is 31.9 Å². The van der Waals surface area contributed by atoms with Crippen molar-refractivity contribution in [1.82, 2.24) is 14.2 Å². The summed E-state index contributed by atoms with van der Waals surface area (Å²) in [6.45, 7) is 4.32. The van der Waals surface area contributed by atoms with Gasteiger partial charge in [0.1, 0.15) is 0 Å². The lowest BCUT2D eigenvalue weighted by Gasteiger charge is -2.28. The molecule has 2 aromatic carbocycles. The third kappa shape index (κ3) is 4.84. The van der Waals surface area contributed by atoms with Gasteiger partial charge in [0.05, 0.1) is 16.6 Å². The van der Waals surface area contributed by atoms with E-state index in [1.54, 1.807) is 44.1 Å². The number of aromatic nitrogens is 1. The maximum absolute atomic E-state index is 13.4. The third-order valence-electron chi connectivity index (χ3n) is 5.22. The molecule has 6 nitrogen and oxygen atoms in total. The molecular formula is C24H27N3O3S. The Balaban J connectivity index is 1.99. The molecule has 0 aliphatic heterocycles. The van der Waals surface area contributed by atoms with Gasteiger partial charge < -0.3 is 4.90 Å². The molecule has 0 radical (unpaired) electrons. The summed E-state index contributed by atoms with van der Waals surface area (Å²) in [6.07, 6.45) is 1.70. The summed E-state index contributed by atoms with van der Waals surface area (Å²) in [6, 6.07) is 21.1. The van der Waals surface area contributed by atoms with E-state index in [-0.39, 0.29) is 10.8 Å². The zero-order valence-corrected chi connectivity index (χ0v) is 18.8. The third-order valence-corrected chi connectivity index (χ3v) is 7.26. The van der Waals surface area contributed by atoms with E-state index in [9.17, 15) is 13.2 Å². The first kappa shape index (κ1) is 22.7. The van der Waals surface area contributed by atoms with Crippen LogP contribution in [0.5, 0.6) is 0 Å². The van der Waals surface area contributed by atoms with Crippen molar-refractivity contribution in [2.75, 3.05) is 20.1 Å². The number of sulfonamides is 1. The number of pyridine rings is 1. The minimum Gasteiger partial charge on any atom is -0.329 e. The number of carbonyl (C=O) groups excluding carboxylic acids is 1. The summed E-state index contributed by atoms with van der Waals surface area (Å²) >= 11 is 0. The highest BCUT2D eigenvalue weighted by Crippen LogP contribution is 2.28. The van der Waals surface area contributed by atoms with Crippen LogP contribution < -0.4 is 0 Å². The SMILES string of the molecule is CCN(CC)S(=O)(=O)c1cccc(C(=O)N(C)C(c2ccccc2)c2ccccn2)c1. The van der Waals surface area contributed by atoms with Crippen LogP contribution in [-0.4, -0.2) is 48.7 Å². The maximum Gasteiger partial charge on any atom is 0.254 e. The zero-order valence-electron chi connectivity index (χ0n) is 18.0. The number of hydrogen-bond acceptors (Lipinski definition) is 4. The van der Waals surface area contributed by atoms with Crippen molar-refractivity contribution in [2.45, 2.75) is 24.8 Å². The minimum absolute atomic E-state index is 0.115. The van der Waals surface area contributed by atoms with Crippen molar-refractivity contribution < 1.29 is 13.2 Å². The molecule has 0 fully saturated rings. The first-order valence-electron chi connectivity index (χ1n) is 10.2. The van der Waals surface area contributed by atoms with Crippen molar-refractivity contribution in [3.05, 3.63) is 95.8 Å². The van der Waals surface area contributed by atoms with Crippen molar-refractivity contribution in [1.29, 1.82) is 0 Å². The molecule has 0 bridgehead atoms. The van der Waals surface area contributed by atoms with Crippen LogP contribution in [0.1, 0.15) is 41.5 Å².